The van der Waals surface area contributed by atoms with Crippen molar-refractivity contribution < 1.29 is 72.1 Å². The standard InChI is InChI=1S/C43H38ClN7O7S.C25H24N2O6.C19H17ClN4O2S/c1-22-23(2)59-43-36(22)38(27-12-14-28(44)15-13-27)46-31(39-49-48-24(3)50(39)43)19-35(54)45-20-26-9-7-25(8-10-26)11-16-29(52)21-58-33-6-4-5-30-37(33)42(57)51(41(30)56)32-17-18-34(53)47-40(32)55;1-2-15-6-8-16(9-7-15)10-11-17(28)14-33-20-5-3-4-18-22(20)25(32)27(24(18)31)19-12-13-21(29)26-23(19)30;1-9-10(2)27-19-16(9)17(12-4-6-13(20)7-5-12)21-14(8-15(25)26)18-23-22-11(3)24(18)19/h4-10,12-15,31-32H,11,16-21H2,1-3H3,(H,45,54)(H,47,53,55);3-9,19H,2,10-14H2,1H3,(H,26,29,30);4-7,14H,8H2,1-3H3,(H,25,26)/t31-,32?;;14-/m0.0/s1. The lowest BCUT2D eigenvalue weighted by Gasteiger charge is -2.27. The van der Waals surface area contributed by atoms with Crippen molar-refractivity contribution in [3.8, 4) is 21.5 Å². The molecule has 10 heterocycles. The fraction of sp³-hybridized carbons (Fsp3) is 0.287. The molecule has 119 heavy (non-hydrogen) atoms. The molecule has 4 aromatic heterocycles. The lowest BCUT2D eigenvalue weighted by atomic mass is 9.99. The lowest BCUT2D eigenvalue weighted by Crippen LogP contribution is -2.54. The number of aromatic nitrogens is 6. The average Bonchev–Trinajstić information content (AvgIpc) is 1.60. The number of ether oxygens (including phenoxy) is 2. The summed E-state index contributed by atoms with van der Waals surface area (Å²) < 4.78 is 15.3. The van der Waals surface area contributed by atoms with E-state index in [1.165, 1.54) is 34.7 Å². The Labute approximate surface area is 700 Å². The van der Waals surface area contributed by atoms with Crippen molar-refractivity contribution in [2.75, 3.05) is 13.2 Å². The normalized spacial score (nSPS) is 17.0. The van der Waals surface area contributed by atoms with Gasteiger partial charge in [0.05, 0.1) is 46.5 Å². The summed E-state index contributed by atoms with van der Waals surface area (Å²) in [5, 5.41) is 37.3. The van der Waals surface area contributed by atoms with Crippen molar-refractivity contribution in [2.45, 2.75) is 150 Å². The van der Waals surface area contributed by atoms with Crippen molar-refractivity contribution in [3.05, 3.63) is 254 Å². The minimum Gasteiger partial charge on any atom is -0.485 e. The Bertz CT molecular complexity index is 5890. The molecular weight excluding hydrogens is 1600 g/mol. The van der Waals surface area contributed by atoms with Crippen molar-refractivity contribution in [3.63, 3.8) is 0 Å². The van der Waals surface area contributed by atoms with Crippen molar-refractivity contribution in [1.82, 2.24) is 55.3 Å². The van der Waals surface area contributed by atoms with Gasteiger partial charge in [0, 0.05) is 74.3 Å². The summed E-state index contributed by atoms with van der Waals surface area (Å²) in [6.07, 6.45) is 2.48. The van der Waals surface area contributed by atoms with E-state index in [2.05, 4.69) is 71.0 Å². The van der Waals surface area contributed by atoms with Gasteiger partial charge in [0.1, 0.15) is 70.5 Å². The van der Waals surface area contributed by atoms with E-state index in [9.17, 15) is 62.6 Å². The molecule has 6 aliphatic heterocycles. The quantitative estimate of drug-likeness (QED) is 0.0432. The molecule has 9 amide bonds. The van der Waals surface area contributed by atoms with E-state index in [1.54, 1.807) is 34.8 Å². The molecule has 4 N–H and O–H groups in total. The predicted octanol–water partition coefficient (Wildman–Crippen LogP) is 12.0. The zero-order valence-corrected chi connectivity index (χ0v) is 68.8. The number of halogens is 2. The number of carboxylic acid groups (broad SMARTS) is 1. The number of Topliss-reactive ketones (excluding diaryl/α,β-unsaturated/α-hetero) is 2. The van der Waals surface area contributed by atoms with Crippen LogP contribution in [0.25, 0.3) is 10.0 Å². The number of rotatable bonds is 23. The highest BCUT2D eigenvalue weighted by atomic mass is 35.5. The van der Waals surface area contributed by atoms with Crippen molar-refractivity contribution >= 4 is 128 Å². The van der Waals surface area contributed by atoms with E-state index in [1.807, 2.05) is 120 Å². The number of aliphatic imine (C=N–C) groups is 2. The van der Waals surface area contributed by atoms with Gasteiger partial charge in [0.15, 0.2) is 23.2 Å². The number of nitrogens with zero attached hydrogens (tertiary/aromatic N) is 10. The molecule has 2 saturated heterocycles. The van der Waals surface area contributed by atoms with E-state index < -0.39 is 77.4 Å². The van der Waals surface area contributed by atoms with E-state index in [-0.39, 0.29) is 122 Å². The number of aryl methyl sites for hydroxylation is 7. The molecule has 6 aromatic carbocycles. The third-order valence-electron chi connectivity index (χ3n) is 21.4. The van der Waals surface area contributed by atoms with E-state index in [0.29, 0.717) is 40.4 Å². The third-order valence-corrected chi connectivity index (χ3v) is 24.3. The first-order valence-electron chi connectivity index (χ1n) is 38.5. The van der Waals surface area contributed by atoms with Crippen LogP contribution in [0.3, 0.4) is 0 Å². The molecule has 32 heteroatoms. The maximum atomic E-state index is 13.5. The summed E-state index contributed by atoms with van der Waals surface area (Å²) in [6, 6.07) is 36.4. The van der Waals surface area contributed by atoms with Crippen LogP contribution in [0.5, 0.6) is 11.5 Å². The number of carbonyl (C=O) groups is 12. The highest BCUT2D eigenvalue weighted by molar-refractivity contribution is 7.15. The Hall–Kier alpha value is -12.6. The third kappa shape index (κ3) is 17.4. The second-order valence-electron chi connectivity index (χ2n) is 29.3. The Balaban J connectivity index is 0.000000162. The summed E-state index contributed by atoms with van der Waals surface area (Å²) in [5.74, 6) is -3.61. The Kier molecular flexibility index (Phi) is 24.6. The molecule has 2 unspecified atom stereocenters. The largest absolute Gasteiger partial charge is 0.485 e. The summed E-state index contributed by atoms with van der Waals surface area (Å²) >= 11 is 15.6. The number of piperidine rings is 2. The summed E-state index contributed by atoms with van der Waals surface area (Å²) in [7, 11) is 0. The van der Waals surface area contributed by atoms with Gasteiger partial charge in [-0.05, 0) is 156 Å². The number of thiophene rings is 2. The Morgan fingerprint density at radius 1 is 0.504 bits per heavy atom. The smallest absolute Gasteiger partial charge is 0.306 e. The van der Waals surface area contributed by atoms with Crippen LogP contribution in [0.2, 0.25) is 10.0 Å². The first-order chi connectivity index (χ1) is 57.1. The van der Waals surface area contributed by atoms with Gasteiger partial charge in [0.2, 0.25) is 29.5 Å². The minimum absolute atomic E-state index is 0.00790. The van der Waals surface area contributed by atoms with E-state index >= 15 is 0 Å². The Morgan fingerprint density at radius 3 is 1.31 bits per heavy atom. The minimum atomic E-state index is -1.11. The number of imide groups is 4. The van der Waals surface area contributed by atoms with Gasteiger partial charge < -0.3 is 19.9 Å². The number of hydrogen-bond donors (Lipinski definition) is 4. The van der Waals surface area contributed by atoms with Gasteiger partial charge in [-0.15, -0.1) is 43.1 Å². The number of carboxylic acids is 1. The van der Waals surface area contributed by atoms with Gasteiger partial charge in [-0.3, -0.25) is 97.1 Å². The van der Waals surface area contributed by atoms with Crippen LogP contribution in [-0.2, 0) is 64.2 Å². The van der Waals surface area contributed by atoms with Crippen LogP contribution in [0.4, 0.5) is 0 Å². The monoisotopic (exact) mass is 1680 g/mol. The van der Waals surface area contributed by atoms with Crippen LogP contribution in [0.1, 0.15) is 200 Å². The van der Waals surface area contributed by atoms with Gasteiger partial charge in [0.25, 0.3) is 23.6 Å². The number of carbonyl (C=O) groups excluding carboxylic acids is 11. The van der Waals surface area contributed by atoms with Crippen molar-refractivity contribution in [2.24, 2.45) is 9.98 Å². The van der Waals surface area contributed by atoms with Gasteiger partial charge in [-0.2, -0.15) is 0 Å². The number of aliphatic carboxylic acids is 1. The van der Waals surface area contributed by atoms with E-state index in [0.717, 1.165) is 98.4 Å². The number of nitrogens with one attached hydrogen (secondary N) is 3. The van der Waals surface area contributed by atoms with Crippen LogP contribution < -0.4 is 25.4 Å². The molecule has 16 rings (SSSR count). The van der Waals surface area contributed by atoms with E-state index in [4.69, 9.17) is 42.7 Å². The zero-order valence-electron chi connectivity index (χ0n) is 65.6. The average molecular weight is 1680 g/mol. The maximum Gasteiger partial charge on any atom is 0.306 e. The molecule has 10 aromatic rings. The van der Waals surface area contributed by atoms with Crippen LogP contribution in [0, 0.1) is 41.5 Å². The van der Waals surface area contributed by atoms with Gasteiger partial charge in [-0.25, -0.2) is 0 Å². The number of benzene rings is 6. The first-order valence-corrected chi connectivity index (χ1v) is 40.9. The molecular formula is C87H79Cl2N13O15S2. The molecule has 2 fully saturated rings. The SMILES string of the molecule is CCc1ccc(CCC(=O)COc2cccc3c2C(=O)N(C2CCC(=O)NC2=O)C3=O)cc1.Cc1sc2c(c1C)C(c1ccc(Cl)cc1)=N[C@@H](CC(=O)NCc1ccc(CCC(=O)COc3cccc4c3C(=O)N(C3CCC(=O)NC3=O)C4=O)cc1)c1nnc(C)n1-2.Cc1sc2c(c1C)C(c1ccc(Cl)cc1)=N[C@@H](CC(=O)O)c1nnc(C)n1-2. The second-order valence-corrected chi connectivity index (χ2v) is 32.6. The fourth-order valence-electron chi connectivity index (χ4n) is 14.9. The number of hydrogen-bond acceptors (Lipinski definition) is 22. The molecule has 0 bridgehead atoms. The van der Waals surface area contributed by atoms with Crippen LogP contribution in [-0.4, -0.2) is 152 Å². The fourth-order valence-corrected chi connectivity index (χ4v) is 17.6. The molecule has 4 atom stereocenters. The van der Waals surface area contributed by atoms with Crippen LogP contribution >= 0.6 is 45.9 Å². The topological polar surface area (TPSA) is 372 Å². The molecule has 28 nitrogen and oxygen atoms in total. The number of amides is 9. The zero-order chi connectivity index (χ0) is 84.4. The lowest BCUT2D eigenvalue weighted by molar-refractivity contribution is -0.138. The molecule has 6 aliphatic rings. The summed E-state index contributed by atoms with van der Waals surface area (Å²) in [4.78, 5) is 164. The number of fused-ring (bicyclic) bond motifs is 8. The summed E-state index contributed by atoms with van der Waals surface area (Å²) in [6.45, 7) is 13.9. The highest BCUT2D eigenvalue weighted by Crippen LogP contribution is 2.43. The first kappa shape index (κ1) is 82.9. The van der Waals surface area contributed by atoms with Crippen LogP contribution in [0.15, 0.2) is 143 Å². The predicted molar refractivity (Wildman–Crippen MR) is 441 cm³/mol. The molecule has 0 radical (unpaired) electrons. The van der Waals surface area contributed by atoms with Crippen molar-refractivity contribution in [1.29, 1.82) is 0 Å². The van der Waals surface area contributed by atoms with Gasteiger partial charge in [-0.1, -0.05) is 115 Å². The molecule has 0 spiro atoms. The molecule has 608 valence electrons. The highest BCUT2D eigenvalue weighted by Gasteiger charge is 2.48. The Morgan fingerprint density at radius 2 is 0.908 bits per heavy atom. The number of ketones is 2. The molecule has 0 aliphatic carbocycles. The summed E-state index contributed by atoms with van der Waals surface area (Å²) in [5.41, 5.74) is 11.8. The van der Waals surface area contributed by atoms with Gasteiger partial charge >= 0.3 is 5.97 Å². The molecule has 0 saturated carbocycles. The second kappa shape index (κ2) is 35.3. The maximum absolute atomic E-state index is 13.5.